The maximum atomic E-state index is 13.8. The Balaban J connectivity index is 1.54. The van der Waals surface area contributed by atoms with Gasteiger partial charge in [-0.25, -0.2) is 8.78 Å². The summed E-state index contributed by atoms with van der Waals surface area (Å²) >= 11 is 0. The summed E-state index contributed by atoms with van der Waals surface area (Å²) in [5, 5.41) is 23.3. The van der Waals surface area contributed by atoms with Crippen LogP contribution in [0.15, 0.2) is 41.4 Å². The second-order valence-electron chi connectivity index (χ2n) is 7.47. The Bertz CT molecular complexity index is 964. The van der Waals surface area contributed by atoms with Crippen molar-refractivity contribution in [3.05, 3.63) is 58.6 Å². The number of amides is 2. The smallest absolute Gasteiger partial charge is 0.276 e. The monoisotopic (exact) mass is 421 g/mol. The van der Waals surface area contributed by atoms with Crippen LogP contribution in [0.1, 0.15) is 18.9 Å². The number of rotatable bonds is 3. The van der Waals surface area contributed by atoms with Gasteiger partial charge in [0.25, 0.3) is 11.8 Å². The lowest BCUT2D eigenvalue weighted by atomic mass is 9.98. The van der Waals surface area contributed by atoms with Gasteiger partial charge in [-0.2, -0.15) is 0 Å². The number of hydrogen-bond donors (Lipinski definition) is 3. The number of ether oxygens (including phenoxy) is 1. The van der Waals surface area contributed by atoms with Crippen LogP contribution in [0, 0.1) is 11.6 Å². The van der Waals surface area contributed by atoms with Crippen molar-refractivity contribution < 1.29 is 33.3 Å². The van der Waals surface area contributed by atoms with Gasteiger partial charge in [-0.3, -0.25) is 9.59 Å². The Morgan fingerprint density at radius 2 is 2.13 bits per heavy atom. The second-order valence-corrected chi connectivity index (χ2v) is 7.47. The number of carbonyl (C=O) groups is 2. The summed E-state index contributed by atoms with van der Waals surface area (Å²) in [5.74, 6) is -3.43. The molecule has 30 heavy (non-hydrogen) atoms. The zero-order chi connectivity index (χ0) is 21.6. The highest BCUT2D eigenvalue weighted by Gasteiger charge is 2.46. The number of halogens is 2. The summed E-state index contributed by atoms with van der Waals surface area (Å²) in [7, 11) is 0. The number of hydrogen-bond acceptors (Lipinski definition) is 6. The molecule has 1 aromatic rings. The summed E-state index contributed by atoms with van der Waals surface area (Å²) < 4.78 is 32.4. The van der Waals surface area contributed by atoms with E-state index in [1.165, 1.54) is 22.1 Å². The standard InChI is InChI=1S/C20H21F2N3O5/c1-10-4-5-30-15-9-24-8-13(17(26)18(27)16(24)20(29)25(10)15)19(28)23-7-11-2-3-12(21)6-14(11)22/h2-3,6,8,10,15,17,26-27H,4-5,7,9H2,1H3,(H,23,28)/t10-,15?,17?/m1/s1. The second kappa shape index (κ2) is 7.69. The third kappa shape index (κ3) is 3.41. The number of benzene rings is 1. The lowest BCUT2D eigenvalue weighted by Crippen LogP contribution is -2.61. The Hall–Kier alpha value is -2.98. The minimum atomic E-state index is -1.71. The molecule has 3 heterocycles. The van der Waals surface area contributed by atoms with Crippen LogP contribution in [0.5, 0.6) is 0 Å². The highest BCUT2D eigenvalue weighted by Crippen LogP contribution is 2.33. The fraction of sp³-hybridized carbons (Fsp3) is 0.400. The van der Waals surface area contributed by atoms with Crippen molar-refractivity contribution in [2.75, 3.05) is 13.2 Å². The topological polar surface area (TPSA) is 102 Å². The molecule has 3 aliphatic rings. The molecule has 3 N–H and O–H groups in total. The van der Waals surface area contributed by atoms with Crippen molar-refractivity contribution in [3.8, 4) is 0 Å². The van der Waals surface area contributed by atoms with Crippen LogP contribution in [0.25, 0.3) is 0 Å². The van der Waals surface area contributed by atoms with Gasteiger partial charge in [0.15, 0.2) is 12.0 Å². The number of fused-ring (bicyclic) bond motifs is 2. The molecule has 2 unspecified atom stereocenters. The number of aliphatic hydroxyl groups excluding tert-OH is 2. The van der Waals surface area contributed by atoms with E-state index in [0.717, 1.165) is 6.07 Å². The predicted molar refractivity (Wildman–Crippen MR) is 99.3 cm³/mol. The molecule has 3 atom stereocenters. The first kappa shape index (κ1) is 20.3. The molecular formula is C20H21F2N3O5. The van der Waals surface area contributed by atoms with Crippen LogP contribution in [0.4, 0.5) is 8.78 Å². The summed E-state index contributed by atoms with van der Waals surface area (Å²) in [6.45, 7) is 2.30. The van der Waals surface area contributed by atoms with Crippen LogP contribution in [0.3, 0.4) is 0 Å². The zero-order valence-electron chi connectivity index (χ0n) is 16.1. The average Bonchev–Trinajstić information content (AvgIpc) is 2.69. The van der Waals surface area contributed by atoms with Crippen LogP contribution in [-0.4, -0.2) is 63.4 Å². The van der Waals surface area contributed by atoms with Crippen molar-refractivity contribution in [1.29, 1.82) is 0 Å². The third-order valence-electron chi connectivity index (χ3n) is 5.52. The number of carbonyl (C=O) groups excluding carboxylic acids is 2. The van der Waals surface area contributed by atoms with Crippen LogP contribution in [-0.2, 0) is 20.9 Å². The van der Waals surface area contributed by atoms with Gasteiger partial charge in [0.1, 0.15) is 23.4 Å². The summed E-state index contributed by atoms with van der Waals surface area (Å²) in [6.07, 6.45) is -0.311. The lowest BCUT2D eigenvalue weighted by Gasteiger charge is -2.48. The van der Waals surface area contributed by atoms with Crippen molar-refractivity contribution >= 4 is 11.8 Å². The van der Waals surface area contributed by atoms with E-state index >= 15 is 0 Å². The molecule has 1 aromatic carbocycles. The van der Waals surface area contributed by atoms with Gasteiger partial charge in [0.2, 0.25) is 0 Å². The fourth-order valence-electron chi connectivity index (χ4n) is 3.87. The van der Waals surface area contributed by atoms with E-state index in [4.69, 9.17) is 4.74 Å². The zero-order valence-corrected chi connectivity index (χ0v) is 16.1. The molecule has 2 amide bonds. The van der Waals surface area contributed by atoms with E-state index in [9.17, 15) is 28.6 Å². The van der Waals surface area contributed by atoms with Crippen molar-refractivity contribution in [2.24, 2.45) is 0 Å². The SMILES string of the molecule is C[C@@H]1CCOC2CN3C=C(C(=O)NCc4ccc(F)cc4F)C(O)C(O)=C3C(=O)N21. The van der Waals surface area contributed by atoms with E-state index in [1.54, 1.807) is 0 Å². The summed E-state index contributed by atoms with van der Waals surface area (Å²) in [5.41, 5.74) is -0.245. The van der Waals surface area contributed by atoms with Crippen LogP contribution in [0.2, 0.25) is 0 Å². The molecule has 3 aliphatic heterocycles. The average molecular weight is 421 g/mol. The molecule has 2 saturated heterocycles. The highest BCUT2D eigenvalue weighted by molar-refractivity contribution is 5.99. The summed E-state index contributed by atoms with van der Waals surface area (Å²) in [6, 6.07) is 2.88. The van der Waals surface area contributed by atoms with Crippen molar-refractivity contribution in [2.45, 2.75) is 38.3 Å². The normalized spacial score (nSPS) is 26.2. The Morgan fingerprint density at radius 3 is 2.87 bits per heavy atom. The third-order valence-corrected chi connectivity index (χ3v) is 5.52. The molecule has 0 radical (unpaired) electrons. The molecule has 2 fully saturated rings. The van der Waals surface area contributed by atoms with Crippen molar-refractivity contribution in [3.63, 3.8) is 0 Å². The quantitative estimate of drug-likeness (QED) is 0.670. The fourth-order valence-corrected chi connectivity index (χ4v) is 3.87. The largest absolute Gasteiger partial charge is 0.507 e. The van der Waals surface area contributed by atoms with E-state index < -0.39 is 41.5 Å². The molecule has 160 valence electrons. The Morgan fingerprint density at radius 1 is 1.37 bits per heavy atom. The Kier molecular flexibility index (Phi) is 5.20. The van der Waals surface area contributed by atoms with Crippen molar-refractivity contribution in [1.82, 2.24) is 15.1 Å². The van der Waals surface area contributed by atoms with Gasteiger partial charge >= 0.3 is 0 Å². The molecule has 10 heteroatoms. The van der Waals surface area contributed by atoms with Gasteiger partial charge in [0.05, 0.1) is 18.7 Å². The molecule has 4 rings (SSSR count). The molecule has 0 saturated carbocycles. The number of nitrogens with one attached hydrogen (secondary N) is 1. The molecule has 8 nitrogen and oxygen atoms in total. The molecule has 0 bridgehead atoms. The predicted octanol–water partition coefficient (Wildman–Crippen LogP) is 0.888. The number of nitrogens with zero attached hydrogens (tertiary/aromatic N) is 2. The van der Waals surface area contributed by atoms with Gasteiger partial charge in [-0.15, -0.1) is 0 Å². The number of piperazine rings is 1. The van der Waals surface area contributed by atoms with Gasteiger partial charge in [-0.1, -0.05) is 6.07 Å². The van der Waals surface area contributed by atoms with E-state index in [1.807, 2.05) is 6.92 Å². The maximum Gasteiger partial charge on any atom is 0.276 e. The minimum Gasteiger partial charge on any atom is -0.507 e. The highest BCUT2D eigenvalue weighted by atomic mass is 19.1. The van der Waals surface area contributed by atoms with Gasteiger partial charge < -0.3 is 30.1 Å². The maximum absolute atomic E-state index is 13.8. The number of aliphatic hydroxyl groups is 2. The van der Waals surface area contributed by atoms with Gasteiger partial charge in [-0.05, 0) is 19.4 Å². The van der Waals surface area contributed by atoms with E-state index in [2.05, 4.69) is 5.32 Å². The van der Waals surface area contributed by atoms with E-state index in [-0.39, 0.29) is 36.0 Å². The lowest BCUT2D eigenvalue weighted by molar-refractivity contribution is -0.171. The Labute approximate surface area is 171 Å². The first-order valence-corrected chi connectivity index (χ1v) is 9.54. The molecule has 0 aliphatic carbocycles. The molecular weight excluding hydrogens is 400 g/mol. The van der Waals surface area contributed by atoms with Crippen LogP contribution >= 0.6 is 0 Å². The summed E-state index contributed by atoms with van der Waals surface area (Å²) in [4.78, 5) is 28.4. The van der Waals surface area contributed by atoms with Crippen LogP contribution < -0.4 is 5.32 Å². The van der Waals surface area contributed by atoms with E-state index in [0.29, 0.717) is 19.1 Å². The first-order chi connectivity index (χ1) is 14.3. The van der Waals surface area contributed by atoms with Gasteiger partial charge in [0, 0.05) is 30.4 Å². The minimum absolute atomic E-state index is 0.0597. The molecule has 0 aromatic heterocycles. The molecule has 0 spiro atoms. The first-order valence-electron chi connectivity index (χ1n) is 9.54.